The van der Waals surface area contributed by atoms with Crippen molar-refractivity contribution in [3.8, 4) is 0 Å². The molecule has 1 aliphatic heterocycles. The molecule has 0 bridgehead atoms. The van der Waals surface area contributed by atoms with Crippen molar-refractivity contribution in [3.05, 3.63) is 18.2 Å². The first-order valence-corrected chi connectivity index (χ1v) is 4.80. The zero-order valence-corrected chi connectivity index (χ0v) is 7.74. The lowest BCUT2D eigenvalue weighted by Crippen LogP contribution is -2.42. The number of piperidine rings is 1. The largest absolute Gasteiger partial charge is 0.347 e. The van der Waals surface area contributed by atoms with Gasteiger partial charge in [0.05, 0.1) is 6.33 Å². The molecule has 0 aromatic carbocycles. The summed E-state index contributed by atoms with van der Waals surface area (Å²) in [6.07, 6.45) is 5.98. The summed E-state index contributed by atoms with van der Waals surface area (Å²) in [5.74, 6) is 0. The molecule has 3 N–H and O–H groups in total. The first-order valence-electron chi connectivity index (χ1n) is 4.80. The van der Waals surface area contributed by atoms with Gasteiger partial charge < -0.3 is 10.7 Å². The second-order valence-corrected chi connectivity index (χ2v) is 3.71. The van der Waals surface area contributed by atoms with Gasteiger partial charge in [0.15, 0.2) is 0 Å². The molecule has 2 heterocycles. The molecule has 0 saturated carbocycles. The van der Waals surface area contributed by atoms with Gasteiger partial charge in [0, 0.05) is 31.0 Å². The lowest BCUT2D eigenvalue weighted by Gasteiger charge is -2.30. The normalized spacial score (nSPS) is 24.8. The molecule has 1 aliphatic rings. The van der Waals surface area contributed by atoms with Gasteiger partial charge in [-0.05, 0) is 19.4 Å². The van der Waals surface area contributed by atoms with Gasteiger partial charge in [0.2, 0.25) is 0 Å². The van der Waals surface area contributed by atoms with E-state index in [1.807, 2.05) is 6.20 Å². The predicted molar refractivity (Wildman–Crippen MR) is 51.1 cm³/mol. The quantitative estimate of drug-likeness (QED) is 0.689. The maximum absolute atomic E-state index is 5.89. The highest BCUT2D eigenvalue weighted by Gasteiger charge is 2.16. The van der Waals surface area contributed by atoms with E-state index in [9.17, 15) is 0 Å². The fraction of sp³-hybridized carbons (Fsp3) is 0.667. The fourth-order valence-electron chi connectivity index (χ4n) is 1.85. The Hall–Kier alpha value is -0.870. The van der Waals surface area contributed by atoms with E-state index in [-0.39, 0.29) is 0 Å². The number of aromatic nitrogens is 2. The van der Waals surface area contributed by atoms with Gasteiger partial charge in [-0.15, -0.1) is 0 Å². The van der Waals surface area contributed by atoms with E-state index in [4.69, 9.17) is 5.73 Å². The predicted octanol–water partition coefficient (Wildman–Crippen LogP) is 0.333. The summed E-state index contributed by atoms with van der Waals surface area (Å²) in [6.45, 7) is 3.12. The monoisotopic (exact) mass is 180 g/mol. The minimum atomic E-state index is 0.358. The van der Waals surface area contributed by atoms with Crippen molar-refractivity contribution in [2.45, 2.75) is 25.4 Å². The number of nitrogens with zero attached hydrogens (tertiary/aromatic N) is 2. The van der Waals surface area contributed by atoms with Crippen LogP contribution in [0, 0.1) is 0 Å². The van der Waals surface area contributed by atoms with Crippen LogP contribution >= 0.6 is 0 Å². The Morgan fingerprint density at radius 2 is 2.62 bits per heavy atom. The number of nitrogens with two attached hydrogens (primary N) is 1. The first-order chi connectivity index (χ1) is 6.34. The van der Waals surface area contributed by atoms with Crippen LogP contribution in [0.4, 0.5) is 0 Å². The van der Waals surface area contributed by atoms with E-state index in [0.717, 1.165) is 19.6 Å². The lowest BCUT2D eigenvalue weighted by atomic mass is 10.1. The van der Waals surface area contributed by atoms with Crippen LogP contribution in [0.3, 0.4) is 0 Å². The molecule has 1 aromatic heterocycles. The Labute approximate surface area is 78.1 Å². The maximum Gasteiger partial charge on any atom is 0.0922 e. The minimum Gasteiger partial charge on any atom is -0.347 e. The molecule has 1 aromatic rings. The van der Waals surface area contributed by atoms with Crippen molar-refractivity contribution in [3.63, 3.8) is 0 Å². The summed E-state index contributed by atoms with van der Waals surface area (Å²) in [7, 11) is 0. The summed E-state index contributed by atoms with van der Waals surface area (Å²) in [4.78, 5) is 9.48. The number of hydrogen-bond acceptors (Lipinski definition) is 3. The molecule has 13 heavy (non-hydrogen) atoms. The van der Waals surface area contributed by atoms with Gasteiger partial charge in [-0.3, -0.25) is 4.90 Å². The van der Waals surface area contributed by atoms with E-state index < -0.39 is 0 Å². The van der Waals surface area contributed by atoms with Crippen molar-refractivity contribution in [1.29, 1.82) is 0 Å². The Bertz CT molecular complexity index is 244. The van der Waals surface area contributed by atoms with Crippen LogP contribution in [-0.4, -0.2) is 34.0 Å². The van der Waals surface area contributed by atoms with Crippen LogP contribution in [0.2, 0.25) is 0 Å². The molecular formula is C9H16N4. The molecule has 0 spiro atoms. The Morgan fingerprint density at radius 3 is 3.31 bits per heavy atom. The van der Waals surface area contributed by atoms with Gasteiger partial charge >= 0.3 is 0 Å². The first kappa shape index (κ1) is 8.72. The minimum absolute atomic E-state index is 0.358. The summed E-state index contributed by atoms with van der Waals surface area (Å²) >= 11 is 0. The number of rotatable bonds is 2. The van der Waals surface area contributed by atoms with Crippen molar-refractivity contribution in [1.82, 2.24) is 14.9 Å². The third-order valence-electron chi connectivity index (χ3n) is 2.49. The third-order valence-corrected chi connectivity index (χ3v) is 2.49. The van der Waals surface area contributed by atoms with Gasteiger partial charge in [-0.1, -0.05) is 0 Å². The van der Waals surface area contributed by atoms with E-state index in [0.29, 0.717) is 6.04 Å². The van der Waals surface area contributed by atoms with Gasteiger partial charge in [-0.25, -0.2) is 4.98 Å². The lowest BCUT2D eigenvalue weighted by molar-refractivity contribution is 0.199. The van der Waals surface area contributed by atoms with Crippen molar-refractivity contribution in [2.24, 2.45) is 5.73 Å². The molecule has 1 atom stereocenters. The SMILES string of the molecule is N[C@@H]1CCCN(Cc2cnc[nH]2)C1. The Morgan fingerprint density at radius 1 is 1.69 bits per heavy atom. The molecule has 2 rings (SSSR count). The summed E-state index contributed by atoms with van der Waals surface area (Å²) in [5, 5.41) is 0. The van der Waals surface area contributed by atoms with E-state index in [2.05, 4.69) is 14.9 Å². The Kier molecular flexibility index (Phi) is 2.61. The fourth-order valence-corrected chi connectivity index (χ4v) is 1.85. The molecule has 0 amide bonds. The summed E-state index contributed by atoms with van der Waals surface area (Å²) < 4.78 is 0. The summed E-state index contributed by atoms with van der Waals surface area (Å²) in [6, 6.07) is 0.358. The van der Waals surface area contributed by atoms with Crippen LogP contribution in [-0.2, 0) is 6.54 Å². The average Bonchev–Trinajstić information content (AvgIpc) is 2.57. The zero-order valence-electron chi connectivity index (χ0n) is 7.74. The van der Waals surface area contributed by atoms with Crippen LogP contribution < -0.4 is 5.73 Å². The van der Waals surface area contributed by atoms with E-state index >= 15 is 0 Å². The second-order valence-electron chi connectivity index (χ2n) is 3.71. The molecule has 1 fully saturated rings. The second kappa shape index (κ2) is 3.89. The number of H-pyrrole nitrogens is 1. The maximum atomic E-state index is 5.89. The number of aromatic amines is 1. The highest BCUT2D eigenvalue weighted by Crippen LogP contribution is 2.10. The van der Waals surface area contributed by atoms with Crippen LogP contribution in [0.25, 0.3) is 0 Å². The molecule has 4 nitrogen and oxygen atoms in total. The van der Waals surface area contributed by atoms with E-state index in [1.54, 1.807) is 6.33 Å². The number of likely N-dealkylation sites (tertiary alicyclic amines) is 1. The topological polar surface area (TPSA) is 57.9 Å². The molecule has 0 unspecified atom stereocenters. The molecule has 0 radical (unpaired) electrons. The molecule has 0 aliphatic carbocycles. The van der Waals surface area contributed by atoms with Crippen molar-refractivity contribution in [2.75, 3.05) is 13.1 Å². The smallest absolute Gasteiger partial charge is 0.0922 e. The highest BCUT2D eigenvalue weighted by molar-refractivity contribution is 4.94. The number of hydrogen-bond donors (Lipinski definition) is 2. The zero-order chi connectivity index (χ0) is 9.10. The number of imidazole rings is 1. The average molecular weight is 180 g/mol. The molecule has 4 heteroatoms. The van der Waals surface area contributed by atoms with Gasteiger partial charge in [-0.2, -0.15) is 0 Å². The van der Waals surface area contributed by atoms with Crippen LogP contribution in [0.15, 0.2) is 12.5 Å². The molecule has 1 saturated heterocycles. The van der Waals surface area contributed by atoms with Gasteiger partial charge in [0.25, 0.3) is 0 Å². The molecular weight excluding hydrogens is 164 g/mol. The van der Waals surface area contributed by atoms with Crippen LogP contribution in [0.1, 0.15) is 18.5 Å². The Balaban J connectivity index is 1.87. The van der Waals surface area contributed by atoms with Gasteiger partial charge in [0.1, 0.15) is 0 Å². The number of nitrogens with one attached hydrogen (secondary N) is 1. The van der Waals surface area contributed by atoms with Crippen molar-refractivity contribution < 1.29 is 0 Å². The third kappa shape index (κ3) is 2.29. The summed E-state index contributed by atoms with van der Waals surface area (Å²) in [5.41, 5.74) is 7.06. The molecule has 72 valence electrons. The van der Waals surface area contributed by atoms with Crippen molar-refractivity contribution >= 4 is 0 Å². The standard InChI is InChI=1S/C9H16N4/c10-8-2-1-3-13(5-8)6-9-4-11-7-12-9/h4,7-8H,1-3,5-6,10H2,(H,11,12)/t8-/m1/s1. The highest BCUT2D eigenvalue weighted by atomic mass is 15.2. The van der Waals surface area contributed by atoms with Crippen LogP contribution in [0.5, 0.6) is 0 Å². The van der Waals surface area contributed by atoms with E-state index in [1.165, 1.54) is 18.5 Å².